The van der Waals surface area contributed by atoms with E-state index in [1.807, 2.05) is 48.5 Å². The first-order valence-corrected chi connectivity index (χ1v) is 7.84. The molecule has 0 saturated heterocycles. The Balaban J connectivity index is 2.18. The van der Waals surface area contributed by atoms with Crippen molar-refractivity contribution in [3.63, 3.8) is 0 Å². The van der Waals surface area contributed by atoms with E-state index in [9.17, 15) is 0 Å². The first-order valence-electron chi connectivity index (χ1n) is 7.46. The quantitative estimate of drug-likeness (QED) is 0.723. The molecule has 0 saturated carbocycles. The Bertz CT molecular complexity index is 787. The average Bonchev–Trinajstić information content (AvgIpc) is 2.55. The third kappa shape index (κ3) is 3.04. The van der Waals surface area contributed by atoms with Gasteiger partial charge in [-0.3, -0.25) is 0 Å². The van der Waals surface area contributed by atoms with Crippen molar-refractivity contribution in [1.29, 1.82) is 0 Å². The van der Waals surface area contributed by atoms with Crippen molar-refractivity contribution in [3.05, 3.63) is 53.6 Å². The van der Waals surface area contributed by atoms with E-state index in [2.05, 4.69) is 24.1 Å². The molecule has 4 heteroatoms. The minimum absolute atomic E-state index is 0.345. The Kier molecular flexibility index (Phi) is 4.25. The summed E-state index contributed by atoms with van der Waals surface area (Å²) in [5.74, 6) is 1.57. The molecule has 0 aliphatic rings. The number of hydrogen-bond donors (Lipinski definition) is 1. The number of anilines is 1. The lowest BCUT2D eigenvalue weighted by Gasteiger charge is -2.15. The molecule has 112 valence electrons. The first kappa shape index (κ1) is 14.8. The minimum Gasteiger partial charge on any atom is -0.367 e. The molecule has 3 aromatic rings. The van der Waals surface area contributed by atoms with Crippen LogP contribution in [-0.4, -0.2) is 16.0 Å². The summed E-state index contributed by atoms with van der Waals surface area (Å²) in [4.78, 5) is 9.39. The summed E-state index contributed by atoms with van der Waals surface area (Å²) in [6.07, 6.45) is 1.03. The van der Waals surface area contributed by atoms with E-state index >= 15 is 0 Å². The van der Waals surface area contributed by atoms with Gasteiger partial charge in [0.1, 0.15) is 5.82 Å². The van der Waals surface area contributed by atoms with Gasteiger partial charge in [-0.25, -0.2) is 9.97 Å². The van der Waals surface area contributed by atoms with Gasteiger partial charge in [-0.15, -0.1) is 0 Å². The molecule has 0 fully saturated rings. The lowest BCUT2D eigenvalue weighted by Crippen LogP contribution is -2.15. The molecule has 2 aromatic carbocycles. The maximum atomic E-state index is 6.12. The van der Waals surface area contributed by atoms with Crippen LogP contribution in [0.5, 0.6) is 0 Å². The second kappa shape index (κ2) is 6.32. The summed E-state index contributed by atoms with van der Waals surface area (Å²) in [5.41, 5.74) is 1.85. The number of aromatic nitrogens is 2. The molecule has 1 atom stereocenters. The zero-order chi connectivity index (χ0) is 15.5. The molecule has 0 spiro atoms. The lowest BCUT2D eigenvalue weighted by molar-refractivity contribution is 0.760. The van der Waals surface area contributed by atoms with Crippen LogP contribution < -0.4 is 5.32 Å². The molecule has 3 rings (SSSR count). The summed E-state index contributed by atoms with van der Waals surface area (Å²) in [6, 6.07) is 16.1. The van der Waals surface area contributed by atoms with Gasteiger partial charge in [0, 0.05) is 22.0 Å². The van der Waals surface area contributed by atoms with Crippen molar-refractivity contribution in [1.82, 2.24) is 9.97 Å². The summed E-state index contributed by atoms with van der Waals surface area (Å²) in [7, 11) is 0. The highest BCUT2D eigenvalue weighted by molar-refractivity contribution is 6.31. The fourth-order valence-corrected chi connectivity index (χ4v) is 2.43. The second-order valence-electron chi connectivity index (χ2n) is 5.38. The van der Waals surface area contributed by atoms with Crippen molar-refractivity contribution >= 4 is 28.3 Å². The van der Waals surface area contributed by atoms with Gasteiger partial charge in [0.15, 0.2) is 5.82 Å². The van der Waals surface area contributed by atoms with Gasteiger partial charge in [-0.05, 0) is 31.5 Å². The number of fused-ring (bicyclic) bond motifs is 1. The Labute approximate surface area is 135 Å². The van der Waals surface area contributed by atoms with Crippen LogP contribution in [0.1, 0.15) is 20.3 Å². The summed E-state index contributed by atoms with van der Waals surface area (Å²) < 4.78 is 0. The molecule has 0 unspecified atom stereocenters. The lowest BCUT2D eigenvalue weighted by atomic mass is 10.1. The number of hydrogen-bond acceptors (Lipinski definition) is 3. The maximum absolute atomic E-state index is 6.12. The van der Waals surface area contributed by atoms with Gasteiger partial charge < -0.3 is 5.32 Å². The first-order chi connectivity index (χ1) is 10.7. The fourth-order valence-electron chi connectivity index (χ4n) is 2.26. The van der Waals surface area contributed by atoms with Crippen molar-refractivity contribution < 1.29 is 0 Å². The van der Waals surface area contributed by atoms with E-state index in [0.717, 1.165) is 28.7 Å². The van der Waals surface area contributed by atoms with E-state index in [1.165, 1.54) is 0 Å². The normalized spacial score (nSPS) is 12.3. The van der Waals surface area contributed by atoms with Crippen LogP contribution in [0.25, 0.3) is 22.3 Å². The molecular formula is C18H18ClN3. The van der Waals surface area contributed by atoms with Gasteiger partial charge in [0.25, 0.3) is 0 Å². The van der Waals surface area contributed by atoms with Crippen LogP contribution in [0.3, 0.4) is 0 Å². The Morgan fingerprint density at radius 2 is 1.86 bits per heavy atom. The average molecular weight is 312 g/mol. The van der Waals surface area contributed by atoms with Crippen molar-refractivity contribution in [3.8, 4) is 11.4 Å². The SMILES string of the molecule is CC[C@@H](C)Nc1nc(-c2ccccc2)nc2cc(Cl)ccc12. The van der Waals surface area contributed by atoms with Crippen LogP contribution in [0, 0.1) is 0 Å². The molecule has 0 radical (unpaired) electrons. The Morgan fingerprint density at radius 3 is 2.59 bits per heavy atom. The molecule has 3 nitrogen and oxygen atoms in total. The molecule has 1 aromatic heterocycles. The molecular weight excluding hydrogens is 294 g/mol. The third-order valence-electron chi connectivity index (χ3n) is 3.69. The van der Waals surface area contributed by atoms with Crippen LogP contribution >= 0.6 is 11.6 Å². The number of benzene rings is 2. The summed E-state index contributed by atoms with van der Waals surface area (Å²) >= 11 is 6.12. The third-order valence-corrected chi connectivity index (χ3v) is 3.92. The van der Waals surface area contributed by atoms with E-state index in [-0.39, 0.29) is 0 Å². The van der Waals surface area contributed by atoms with Gasteiger partial charge in [0.05, 0.1) is 5.52 Å². The largest absolute Gasteiger partial charge is 0.367 e. The standard InChI is InChI=1S/C18H18ClN3/c1-3-12(2)20-18-15-10-9-14(19)11-16(15)21-17(22-18)13-7-5-4-6-8-13/h4-12H,3H2,1-2H3,(H,20,21,22)/t12-/m1/s1. The van der Waals surface area contributed by atoms with E-state index in [4.69, 9.17) is 16.6 Å². The highest BCUT2D eigenvalue weighted by Crippen LogP contribution is 2.27. The topological polar surface area (TPSA) is 37.8 Å². The van der Waals surface area contributed by atoms with Crippen LogP contribution in [0.15, 0.2) is 48.5 Å². The van der Waals surface area contributed by atoms with E-state index < -0.39 is 0 Å². The summed E-state index contributed by atoms with van der Waals surface area (Å²) in [6.45, 7) is 4.29. The number of halogens is 1. The fraction of sp³-hybridized carbons (Fsp3) is 0.222. The van der Waals surface area contributed by atoms with Crippen LogP contribution in [0.4, 0.5) is 5.82 Å². The van der Waals surface area contributed by atoms with Gasteiger partial charge in [-0.1, -0.05) is 48.9 Å². The van der Waals surface area contributed by atoms with Crippen LogP contribution in [-0.2, 0) is 0 Å². The molecule has 0 amide bonds. The molecule has 0 bridgehead atoms. The van der Waals surface area contributed by atoms with E-state index in [0.29, 0.717) is 16.9 Å². The Hall–Kier alpha value is -2.13. The molecule has 1 heterocycles. The number of rotatable bonds is 4. The predicted molar refractivity (Wildman–Crippen MR) is 93.4 cm³/mol. The molecule has 22 heavy (non-hydrogen) atoms. The van der Waals surface area contributed by atoms with Crippen molar-refractivity contribution in [2.24, 2.45) is 0 Å². The van der Waals surface area contributed by atoms with Crippen molar-refractivity contribution in [2.45, 2.75) is 26.3 Å². The highest BCUT2D eigenvalue weighted by Gasteiger charge is 2.11. The summed E-state index contributed by atoms with van der Waals surface area (Å²) in [5, 5.41) is 5.14. The number of nitrogens with one attached hydrogen (secondary N) is 1. The molecule has 1 N–H and O–H groups in total. The smallest absolute Gasteiger partial charge is 0.162 e. The predicted octanol–water partition coefficient (Wildman–Crippen LogP) is 5.16. The van der Waals surface area contributed by atoms with Gasteiger partial charge in [0.2, 0.25) is 0 Å². The maximum Gasteiger partial charge on any atom is 0.162 e. The van der Waals surface area contributed by atoms with Gasteiger partial charge in [-0.2, -0.15) is 0 Å². The van der Waals surface area contributed by atoms with E-state index in [1.54, 1.807) is 0 Å². The highest BCUT2D eigenvalue weighted by atomic mass is 35.5. The Morgan fingerprint density at radius 1 is 1.09 bits per heavy atom. The minimum atomic E-state index is 0.345. The number of nitrogens with zero attached hydrogens (tertiary/aromatic N) is 2. The van der Waals surface area contributed by atoms with Crippen LogP contribution in [0.2, 0.25) is 5.02 Å². The molecule has 0 aliphatic heterocycles. The zero-order valence-electron chi connectivity index (χ0n) is 12.7. The van der Waals surface area contributed by atoms with Gasteiger partial charge >= 0.3 is 0 Å². The second-order valence-corrected chi connectivity index (χ2v) is 5.81. The monoisotopic (exact) mass is 311 g/mol. The zero-order valence-corrected chi connectivity index (χ0v) is 13.4. The molecule has 0 aliphatic carbocycles. The van der Waals surface area contributed by atoms with Crippen molar-refractivity contribution in [2.75, 3.05) is 5.32 Å².